The van der Waals surface area contributed by atoms with E-state index in [1.165, 1.54) is 0 Å². The summed E-state index contributed by atoms with van der Waals surface area (Å²) in [4.78, 5) is 10.0. The van der Waals surface area contributed by atoms with Crippen LogP contribution in [0, 0.1) is 5.92 Å². The summed E-state index contributed by atoms with van der Waals surface area (Å²) < 4.78 is 4.80. The zero-order valence-corrected chi connectivity index (χ0v) is 4.42. The maximum Gasteiger partial charge on any atom is 0.0547 e. The third kappa shape index (κ3) is 0.980. The van der Waals surface area contributed by atoms with Crippen LogP contribution >= 0.6 is 0 Å². The van der Waals surface area contributed by atoms with Gasteiger partial charge in [0.05, 0.1) is 6.61 Å². The van der Waals surface area contributed by atoms with Crippen LogP contribution < -0.4 is 5.11 Å². The lowest BCUT2D eigenvalue weighted by molar-refractivity contribution is -0.311. The number of rotatable bonds is 1. The molecule has 3 nitrogen and oxygen atoms in total. The standard InChI is InChI=1S/C5H8O3/c6-5(7)4-1-2-8-3-4/h4H,1-3H2,(H,6,7)/p-1/t4-/m1/s1. The van der Waals surface area contributed by atoms with Crippen molar-refractivity contribution in [1.29, 1.82) is 0 Å². The van der Waals surface area contributed by atoms with Gasteiger partial charge in [-0.2, -0.15) is 0 Å². The zero-order chi connectivity index (χ0) is 5.98. The van der Waals surface area contributed by atoms with Gasteiger partial charge in [-0.25, -0.2) is 0 Å². The SMILES string of the molecule is O=C([O-])[C@@H]1CCOC1. The molecule has 1 saturated heterocycles. The fourth-order valence-electron chi connectivity index (χ4n) is 0.720. The molecule has 1 heterocycles. The lowest BCUT2D eigenvalue weighted by Gasteiger charge is -2.05. The molecule has 0 saturated carbocycles. The van der Waals surface area contributed by atoms with Gasteiger partial charge in [-0.1, -0.05) is 0 Å². The van der Waals surface area contributed by atoms with Crippen LogP contribution in [0.2, 0.25) is 0 Å². The monoisotopic (exact) mass is 115 g/mol. The second kappa shape index (κ2) is 2.13. The minimum atomic E-state index is -0.984. The van der Waals surface area contributed by atoms with Gasteiger partial charge >= 0.3 is 0 Å². The summed E-state index contributed by atoms with van der Waals surface area (Å²) in [6.45, 7) is 0.904. The van der Waals surface area contributed by atoms with Gasteiger partial charge in [0.2, 0.25) is 0 Å². The van der Waals surface area contributed by atoms with Crippen LogP contribution in [0.5, 0.6) is 0 Å². The minimum absolute atomic E-state index is 0.336. The molecule has 0 amide bonds. The molecular weight excluding hydrogens is 108 g/mol. The molecule has 3 heteroatoms. The highest BCUT2D eigenvalue weighted by Gasteiger charge is 2.15. The molecule has 1 aliphatic rings. The second-order valence-corrected chi connectivity index (χ2v) is 1.88. The minimum Gasteiger partial charge on any atom is -0.550 e. The van der Waals surface area contributed by atoms with Crippen LogP contribution in [0.3, 0.4) is 0 Å². The number of carboxylic acids is 1. The first-order valence-corrected chi connectivity index (χ1v) is 2.59. The van der Waals surface area contributed by atoms with E-state index in [1.807, 2.05) is 0 Å². The Kier molecular flexibility index (Phi) is 1.48. The third-order valence-electron chi connectivity index (χ3n) is 1.26. The Balaban J connectivity index is 2.35. The Bertz CT molecular complexity index is 93.8. The van der Waals surface area contributed by atoms with Crippen molar-refractivity contribution in [2.75, 3.05) is 13.2 Å². The van der Waals surface area contributed by atoms with E-state index >= 15 is 0 Å². The molecule has 0 bridgehead atoms. The molecule has 1 aliphatic heterocycles. The molecule has 0 aromatic heterocycles. The third-order valence-corrected chi connectivity index (χ3v) is 1.26. The first-order chi connectivity index (χ1) is 3.80. The molecule has 1 rings (SSSR count). The van der Waals surface area contributed by atoms with Crippen LogP contribution in [0.15, 0.2) is 0 Å². The Morgan fingerprint density at radius 2 is 2.50 bits per heavy atom. The molecular formula is C5H7O3-. The first kappa shape index (κ1) is 5.56. The second-order valence-electron chi connectivity index (χ2n) is 1.88. The number of carboxylic acid groups (broad SMARTS) is 1. The summed E-state index contributed by atoms with van der Waals surface area (Å²) in [5, 5.41) is 10.0. The van der Waals surface area contributed by atoms with Crippen LogP contribution in [0.25, 0.3) is 0 Å². The molecule has 0 N–H and O–H groups in total. The molecule has 0 unspecified atom stereocenters. The molecule has 0 aliphatic carbocycles. The molecule has 8 heavy (non-hydrogen) atoms. The molecule has 0 aromatic carbocycles. The Morgan fingerprint density at radius 3 is 2.75 bits per heavy atom. The van der Waals surface area contributed by atoms with Crippen molar-refractivity contribution in [1.82, 2.24) is 0 Å². The predicted octanol–water partition coefficient (Wildman–Crippen LogP) is -1.23. The number of hydrogen-bond donors (Lipinski definition) is 0. The average molecular weight is 115 g/mol. The van der Waals surface area contributed by atoms with Crippen LogP contribution in [-0.2, 0) is 9.53 Å². The van der Waals surface area contributed by atoms with Gasteiger partial charge in [0.1, 0.15) is 0 Å². The van der Waals surface area contributed by atoms with Crippen molar-refractivity contribution in [2.45, 2.75) is 6.42 Å². The first-order valence-electron chi connectivity index (χ1n) is 2.59. The number of ether oxygens (including phenoxy) is 1. The van der Waals surface area contributed by atoms with Crippen molar-refractivity contribution in [3.8, 4) is 0 Å². The summed E-state index contributed by atoms with van der Waals surface area (Å²) in [5.74, 6) is -1.34. The quantitative estimate of drug-likeness (QED) is 0.430. The molecule has 46 valence electrons. The van der Waals surface area contributed by atoms with Gasteiger partial charge < -0.3 is 14.6 Å². The Labute approximate surface area is 47.3 Å². The van der Waals surface area contributed by atoms with Gasteiger partial charge in [-0.05, 0) is 6.42 Å². The van der Waals surface area contributed by atoms with E-state index in [1.54, 1.807) is 0 Å². The number of carbonyl (C=O) groups excluding carboxylic acids is 1. The molecule has 1 fully saturated rings. The van der Waals surface area contributed by atoms with E-state index in [-0.39, 0.29) is 5.92 Å². The van der Waals surface area contributed by atoms with Gasteiger partial charge in [-0.15, -0.1) is 0 Å². The maximum atomic E-state index is 10.0. The highest BCUT2D eigenvalue weighted by atomic mass is 16.5. The Hall–Kier alpha value is -0.570. The molecule has 1 atom stereocenters. The van der Waals surface area contributed by atoms with E-state index < -0.39 is 5.97 Å². The highest BCUT2D eigenvalue weighted by Crippen LogP contribution is 2.09. The lowest BCUT2D eigenvalue weighted by Crippen LogP contribution is -2.31. The van der Waals surface area contributed by atoms with E-state index in [2.05, 4.69) is 0 Å². The fourth-order valence-corrected chi connectivity index (χ4v) is 0.720. The lowest BCUT2D eigenvalue weighted by atomic mass is 10.1. The van der Waals surface area contributed by atoms with E-state index in [0.29, 0.717) is 19.6 Å². The molecule has 0 aromatic rings. The fraction of sp³-hybridized carbons (Fsp3) is 0.800. The number of aliphatic carboxylic acids is 1. The number of carbonyl (C=O) groups is 1. The van der Waals surface area contributed by atoms with Crippen molar-refractivity contribution < 1.29 is 14.6 Å². The Morgan fingerprint density at radius 1 is 1.75 bits per heavy atom. The summed E-state index contributed by atoms with van der Waals surface area (Å²) >= 11 is 0. The highest BCUT2D eigenvalue weighted by molar-refractivity contribution is 5.67. The summed E-state index contributed by atoms with van der Waals surface area (Å²) in [6.07, 6.45) is 0.613. The number of hydrogen-bond acceptors (Lipinski definition) is 3. The predicted molar refractivity (Wildman–Crippen MR) is 23.9 cm³/mol. The van der Waals surface area contributed by atoms with Crippen LogP contribution in [0.1, 0.15) is 6.42 Å². The van der Waals surface area contributed by atoms with Gasteiger partial charge in [0.15, 0.2) is 0 Å². The van der Waals surface area contributed by atoms with Crippen molar-refractivity contribution in [2.24, 2.45) is 5.92 Å². The van der Waals surface area contributed by atoms with Gasteiger partial charge in [0, 0.05) is 18.5 Å². The van der Waals surface area contributed by atoms with Crippen molar-refractivity contribution >= 4 is 5.97 Å². The maximum absolute atomic E-state index is 10.0. The summed E-state index contributed by atoms with van der Waals surface area (Å²) in [6, 6.07) is 0. The van der Waals surface area contributed by atoms with E-state index in [4.69, 9.17) is 4.74 Å². The van der Waals surface area contributed by atoms with E-state index in [9.17, 15) is 9.90 Å². The smallest absolute Gasteiger partial charge is 0.0547 e. The van der Waals surface area contributed by atoms with Gasteiger partial charge in [0.25, 0.3) is 0 Å². The van der Waals surface area contributed by atoms with E-state index in [0.717, 1.165) is 0 Å². The van der Waals surface area contributed by atoms with Crippen molar-refractivity contribution in [3.05, 3.63) is 0 Å². The molecule has 0 spiro atoms. The topological polar surface area (TPSA) is 49.4 Å². The average Bonchev–Trinajstić information content (AvgIpc) is 2.12. The van der Waals surface area contributed by atoms with Gasteiger partial charge in [-0.3, -0.25) is 0 Å². The molecule has 0 radical (unpaired) electrons. The van der Waals surface area contributed by atoms with Crippen molar-refractivity contribution in [3.63, 3.8) is 0 Å². The summed E-state index contributed by atoms with van der Waals surface area (Å²) in [7, 11) is 0. The normalized spacial score (nSPS) is 28.2. The zero-order valence-electron chi connectivity index (χ0n) is 4.42. The summed E-state index contributed by atoms with van der Waals surface area (Å²) in [5.41, 5.74) is 0. The largest absolute Gasteiger partial charge is 0.550 e. The van der Waals surface area contributed by atoms with Crippen LogP contribution in [-0.4, -0.2) is 19.2 Å². The van der Waals surface area contributed by atoms with Crippen LogP contribution in [0.4, 0.5) is 0 Å².